The summed E-state index contributed by atoms with van der Waals surface area (Å²) in [5.74, 6) is -0.878. The van der Waals surface area contributed by atoms with Crippen LogP contribution in [0.2, 0.25) is 0 Å². The minimum Gasteiger partial charge on any atom is -0.478 e. The first kappa shape index (κ1) is 24.4. The van der Waals surface area contributed by atoms with E-state index in [2.05, 4.69) is 0 Å². The summed E-state index contributed by atoms with van der Waals surface area (Å²) < 4.78 is 0. The molecule has 2 aromatic rings. The largest absolute Gasteiger partial charge is 0.631 e. The lowest BCUT2D eigenvalue weighted by atomic mass is 10.1. The highest BCUT2D eigenvalue weighted by atomic mass is 31.0. The molecule has 0 aliphatic rings. The summed E-state index contributed by atoms with van der Waals surface area (Å²) in [5.41, 5.74) is 0.359. The first-order chi connectivity index (χ1) is 8.02. The SMILES string of the molecule is O=C(O)c1cccc2ccccc12.OB(O)O.P.P.P. The summed E-state index contributed by atoms with van der Waals surface area (Å²) in [6, 6.07) is 12.7. The van der Waals surface area contributed by atoms with E-state index in [4.69, 9.17) is 20.2 Å². The van der Waals surface area contributed by atoms with Gasteiger partial charge in [-0.3, -0.25) is 0 Å². The van der Waals surface area contributed by atoms with E-state index < -0.39 is 13.3 Å². The van der Waals surface area contributed by atoms with Crippen LogP contribution >= 0.6 is 29.7 Å². The molecule has 0 amide bonds. The van der Waals surface area contributed by atoms with E-state index in [1.165, 1.54) is 0 Å². The Morgan fingerprint density at radius 3 is 1.80 bits per heavy atom. The molecule has 0 heterocycles. The summed E-state index contributed by atoms with van der Waals surface area (Å²) >= 11 is 0. The van der Waals surface area contributed by atoms with Gasteiger partial charge < -0.3 is 20.2 Å². The minimum absolute atomic E-state index is 0. The number of hydrogen-bond donors (Lipinski definition) is 4. The highest BCUT2D eigenvalue weighted by molar-refractivity contribution is 6.92. The molecule has 0 aliphatic heterocycles. The van der Waals surface area contributed by atoms with Crippen molar-refractivity contribution in [2.45, 2.75) is 0 Å². The Morgan fingerprint density at radius 1 is 0.850 bits per heavy atom. The number of rotatable bonds is 1. The Kier molecular flexibility index (Phi) is 14.9. The van der Waals surface area contributed by atoms with Crippen LogP contribution in [0.25, 0.3) is 10.8 Å². The average Bonchev–Trinajstić information content (AvgIpc) is 2.27. The molecule has 20 heavy (non-hydrogen) atoms. The first-order valence-electron chi connectivity index (χ1n) is 4.77. The number of hydrogen-bond acceptors (Lipinski definition) is 4. The van der Waals surface area contributed by atoms with E-state index >= 15 is 0 Å². The minimum atomic E-state index is -2.17. The van der Waals surface area contributed by atoms with E-state index in [0.717, 1.165) is 10.8 Å². The van der Waals surface area contributed by atoms with Gasteiger partial charge in [0.25, 0.3) is 0 Å². The van der Waals surface area contributed by atoms with E-state index in [1.807, 2.05) is 30.3 Å². The van der Waals surface area contributed by atoms with Gasteiger partial charge in [-0.1, -0.05) is 36.4 Å². The fourth-order valence-electron chi connectivity index (χ4n) is 1.41. The molecular weight excluding hydrogens is 316 g/mol. The second-order valence-corrected chi connectivity index (χ2v) is 3.18. The molecule has 0 fully saturated rings. The van der Waals surface area contributed by atoms with E-state index in [-0.39, 0.29) is 29.7 Å². The fourth-order valence-corrected chi connectivity index (χ4v) is 1.41. The number of carboxylic acids is 1. The quantitative estimate of drug-likeness (QED) is 0.453. The molecule has 0 aliphatic carbocycles. The van der Waals surface area contributed by atoms with Gasteiger partial charge >= 0.3 is 13.3 Å². The van der Waals surface area contributed by atoms with Crippen molar-refractivity contribution >= 4 is 53.8 Å². The zero-order valence-corrected chi connectivity index (χ0v) is 15.2. The first-order valence-corrected chi connectivity index (χ1v) is 4.77. The number of benzene rings is 2. The van der Waals surface area contributed by atoms with Gasteiger partial charge in [0.15, 0.2) is 0 Å². The molecule has 9 heteroatoms. The van der Waals surface area contributed by atoms with Crippen molar-refractivity contribution in [2.24, 2.45) is 0 Å². The van der Waals surface area contributed by atoms with Crippen molar-refractivity contribution < 1.29 is 25.0 Å². The maximum Gasteiger partial charge on any atom is 0.631 e. The Labute approximate surface area is 127 Å². The van der Waals surface area contributed by atoms with Crippen LogP contribution in [0, 0.1) is 0 Å². The van der Waals surface area contributed by atoms with Crippen LogP contribution in [0.1, 0.15) is 10.4 Å². The molecule has 0 bridgehead atoms. The molecule has 2 aromatic carbocycles. The van der Waals surface area contributed by atoms with Crippen molar-refractivity contribution in [3.8, 4) is 0 Å². The smallest absolute Gasteiger partial charge is 0.478 e. The summed E-state index contributed by atoms with van der Waals surface area (Å²) in [6.07, 6.45) is 0. The van der Waals surface area contributed by atoms with Crippen molar-refractivity contribution in [2.75, 3.05) is 0 Å². The van der Waals surface area contributed by atoms with Gasteiger partial charge in [-0.25, -0.2) is 4.79 Å². The average molecular weight is 336 g/mol. The van der Waals surface area contributed by atoms with Crippen LogP contribution < -0.4 is 0 Å². The normalized spacial score (nSPS) is 7.95. The predicted octanol–water partition coefficient (Wildman–Crippen LogP) is 0.661. The van der Waals surface area contributed by atoms with Gasteiger partial charge in [-0.2, -0.15) is 29.7 Å². The Morgan fingerprint density at radius 2 is 1.30 bits per heavy atom. The van der Waals surface area contributed by atoms with Gasteiger partial charge in [-0.15, -0.1) is 0 Å². The molecule has 4 N–H and O–H groups in total. The summed E-state index contributed by atoms with van der Waals surface area (Å²) in [7, 11) is -2.17. The van der Waals surface area contributed by atoms with Crippen molar-refractivity contribution in [3.05, 3.63) is 48.0 Å². The van der Waals surface area contributed by atoms with Crippen LogP contribution in [0.4, 0.5) is 0 Å². The third-order valence-electron chi connectivity index (χ3n) is 2.02. The molecule has 5 nitrogen and oxygen atoms in total. The van der Waals surface area contributed by atoms with Crippen molar-refractivity contribution in [1.29, 1.82) is 0 Å². The van der Waals surface area contributed by atoms with Crippen LogP contribution in [0.3, 0.4) is 0 Å². The van der Waals surface area contributed by atoms with E-state index in [1.54, 1.807) is 12.1 Å². The standard InChI is InChI=1S/C11H8O2.BH3O3.3H3P/c12-11(13)10-7-3-5-8-4-1-2-6-9(8)10;2-1(3)4;;;/h1-7H,(H,12,13);2-4H;3*1H3. The second-order valence-electron chi connectivity index (χ2n) is 3.18. The monoisotopic (exact) mass is 336 g/mol. The van der Waals surface area contributed by atoms with Crippen LogP contribution in [-0.2, 0) is 0 Å². The summed E-state index contributed by atoms with van der Waals surface area (Å²) in [6.45, 7) is 0. The highest BCUT2D eigenvalue weighted by Gasteiger charge is 2.05. The van der Waals surface area contributed by atoms with Gasteiger partial charge in [0, 0.05) is 0 Å². The summed E-state index contributed by atoms with van der Waals surface area (Å²) in [4.78, 5) is 10.8. The Bertz CT molecular complexity index is 516. The second kappa shape index (κ2) is 12.2. The number of fused-ring (bicyclic) bond motifs is 1. The van der Waals surface area contributed by atoms with Gasteiger partial charge in [0.05, 0.1) is 5.56 Å². The molecular formula is C11H20BO5P3. The van der Waals surface area contributed by atoms with Gasteiger partial charge in [-0.05, 0) is 16.8 Å². The van der Waals surface area contributed by atoms with Gasteiger partial charge in [0.1, 0.15) is 0 Å². The zero-order chi connectivity index (χ0) is 12.8. The lowest BCUT2D eigenvalue weighted by Crippen LogP contribution is -2.07. The topological polar surface area (TPSA) is 98.0 Å². The number of carboxylic acid groups (broad SMARTS) is 1. The van der Waals surface area contributed by atoms with Crippen LogP contribution in [-0.4, -0.2) is 33.5 Å². The lowest BCUT2D eigenvalue weighted by molar-refractivity contribution is 0.0699. The molecule has 0 saturated carbocycles. The zero-order valence-electron chi connectivity index (χ0n) is 10.9. The third-order valence-corrected chi connectivity index (χ3v) is 2.02. The highest BCUT2D eigenvalue weighted by Crippen LogP contribution is 2.17. The molecule has 3 atom stereocenters. The number of carbonyl (C=O) groups is 1. The van der Waals surface area contributed by atoms with Crippen molar-refractivity contribution in [1.82, 2.24) is 0 Å². The molecule has 0 spiro atoms. The van der Waals surface area contributed by atoms with E-state index in [9.17, 15) is 4.79 Å². The molecule has 3 unspecified atom stereocenters. The fraction of sp³-hybridized carbons (Fsp3) is 0. The predicted molar refractivity (Wildman–Crippen MR) is 96.6 cm³/mol. The Hall–Kier alpha value is -0.595. The van der Waals surface area contributed by atoms with Crippen molar-refractivity contribution in [3.63, 3.8) is 0 Å². The molecule has 0 aromatic heterocycles. The van der Waals surface area contributed by atoms with Gasteiger partial charge in [0.2, 0.25) is 0 Å². The molecule has 0 saturated heterocycles. The van der Waals surface area contributed by atoms with E-state index in [0.29, 0.717) is 5.56 Å². The maximum atomic E-state index is 10.8. The maximum absolute atomic E-state index is 10.8. The number of aromatic carboxylic acids is 1. The Balaban J connectivity index is -0.000000372. The van der Waals surface area contributed by atoms with Crippen LogP contribution in [0.5, 0.6) is 0 Å². The van der Waals surface area contributed by atoms with Crippen LogP contribution in [0.15, 0.2) is 42.5 Å². The molecule has 112 valence electrons. The molecule has 2 rings (SSSR count). The lowest BCUT2D eigenvalue weighted by Gasteiger charge is -2.00. The third kappa shape index (κ3) is 7.86. The summed E-state index contributed by atoms with van der Waals surface area (Å²) in [5, 5.41) is 32.1. The molecule has 0 radical (unpaired) electrons.